The molecule has 0 aliphatic carbocycles. The fourth-order valence-corrected chi connectivity index (χ4v) is 3.91. The van der Waals surface area contributed by atoms with Gasteiger partial charge in [0.15, 0.2) is 0 Å². The van der Waals surface area contributed by atoms with Gasteiger partial charge in [-0.2, -0.15) is 0 Å². The van der Waals surface area contributed by atoms with E-state index in [1.807, 2.05) is 18.2 Å². The first-order chi connectivity index (χ1) is 8.95. The van der Waals surface area contributed by atoms with E-state index in [0.29, 0.717) is 11.8 Å². The van der Waals surface area contributed by atoms with Crippen molar-refractivity contribution in [3.05, 3.63) is 28.2 Å². The summed E-state index contributed by atoms with van der Waals surface area (Å²) >= 11 is 10.2. The van der Waals surface area contributed by atoms with Gasteiger partial charge in [-0.1, -0.05) is 22.9 Å². The molecule has 0 bridgehead atoms. The van der Waals surface area contributed by atoms with Gasteiger partial charge < -0.3 is 9.47 Å². The highest BCUT2D eigenvalue weighted by Gasteiger charge is 2.42. The maximum atomic E-state index is 6.74. The van der Waals surface area contributed by atoms with Gasteiger partial charge in [0.05, 0.1) is 24.7 Å². The predicted molar refractivity (Wildman–Crippen MR) is 82.0 cm³/mol. The normalized spacial score (nSPS) is 32.3. The van der Waals surface area contributed by atoms with Crippen molar-refractivity contribution in [2.24, 2.45) is 11.8 Å². The largest absolute Gasteiger partial charge is 0.496 e. The predicted octanol–water partition coefficient (Wildman–Crippen LogP) is 4.80. The van der Waals surface area contributed by atoms with Crippen LogP contribution in [0.25, 0.3) is 0 Å². The lowest BCUT2D eigenvalue weighted by atomic mass is 9.84. The van der Waals surface area contributed by atoms with E-state index in [0.717, 1.165) is 15.8 Å². The second-order valence-electron chi connectivity index (χ2n) is 5.27. The number of hydrogen-bond donors (Lipinski definition) is 0. The van der Waals surface area contributed by atoms with Crippen molar-refractivity contribution >= 4 is 27.5 Å². The molecule has 0 aromatic heterocycles. The maximum absolute atomic E-state index is 6.74. The second-order valence-corrected chi connectivity index (χ2v) is 6.66. The van der Waals surface area contributed by atoms with Crippen molar-refractivity contribution < 1.29 is 9.47 Å². The summed E-state index contributed by atoms with van der Waals surface area (Å²) in [6.07, 6.45) is 0.413. The molecular formula is C15H20BrClO2. The first-order valence-corrected chi connectivity index (χ1v) is 7.81. The van der Waals surface area contributed by atoms with Gasteiger partial charge in [0, 0.05) is 16.0 Å². The summed E-state index contributed by atoms with van der Waals surface area (Å²) in [6, 6.07) is 5.95. The molecule has 1 heterocycles. The highest BCUT2D eigenvalue weighted by molar-refractivity contribution is 9.10. The molecule has 5 atom stereocenters. The van der Waals surface area contributed by atoms with Gasteiger partial charge in [0.1, 0.15) is 5.75 Å². The SMILES string of the molecule is COc1ccc(Br)cc1C(Cl)C1C(C)OC(C)C1C. The van der Waals surface area contributed by atoms with Gasteiger partial charge in [0.2, 0.25) is 0 Å². The smallest absolute Gasteiger partial charge is 0.123 e. The summed E-state index contributed by atoms with van der Waals surface area (Å²) in [5.41, 5.74) is 1.03. The Morgan fingerprint density at radius 3 is 2.47 bits per heavy atom. The number of alkyl halides is 1. The van der Waals surface area contributed by atoms with Crippen LogP contribution in [0.4, 0.5) is 0 Å². The molecule has 1 fully saturated rings. The molecule has 1 aromatic rings. The van der Waals surface area contributed by atoms with Crippen LogP contribution in [-0.4, -0.2) is 19.3 Å². The van der Waals surface area contributed by atoms with Crippen molar-refractivity contribution in [2.75, 3.05) is 7.11 Å². The maximum Gasteiger partial charge on any atom is 0.123 e. The first-order valence-electron chi connectivity index (χ1n) is 6.58. The number of rotatable bonds is 3. The van der Waals surface area contributed by atoms with E-state index >= 15 is 0 Å². The average Bonchev–Trinajstić information content (AvgIpc) is 2.62. The van der Waals surface area contributed by atoms with E-state index in [2.05, 4.69) is 36.7 Å². The monoisotopic (exact) mass is 346 g/mol. The molecule has 0 radical (unpaired) electrons. The van der Waals surface area contributed by atoms with Gasteiger partial charge in [-0.25, -0.2) is 0 Å². The molecule has 0 amide bonds. The highest BCUT2D eigenvalue weighted by atomic mass is 79.9. The van der Waals surface area contributed by atoms with E-state index in [1.54, 1.807) is 7.11 Å². The standard InChI is InChI=1S/C15H20BrClO2/c1-8-9(2)19-10(3)14(8)15(17)12-7-11(16)5-6-13(12)18-4/h5-10,14-15H,1-4H3. The van der Waals surface area contributed by atoms with E-state index in [1.165, 1.54) is 0 Å². The Hall–Kier alpha value is -0.250. The molecule has 106 valence electrons. The Labute approximate surface area is 128 Å². The molecular weight excluding hydrogens is 328 g/mol. The van der Waals surface area contributed by atoms with E-state index in [-0.39, 0.29) is 17.6 Å². The molecule has 1 aliphatic heterocycles. The zero-order valence-electron chi connectivity index (χ0n) is 11.7. The molecule has 5 unspecified atom stereocenters. The fraction of sp³-hybridized carbons (Fsp3) is 0.600. The van der Waals surface area contributed by atoms with Crippen molar-refractivity contribution in [1.82, 2.24) is 0 Å². The lowest BCUT2D eigenvalue weighted by Gasteiger charge is -2.25. The van der Waals surface area contributed by atoms with Gasteiger partial charge in [-0.15, -0.1) is 11.6 Å². The molecule has 0 N–H and O–H groups in total. The van der Waals surface area contributed by atoms with E-state index in [4.69, 9.17) is 21.1 Å². The van der Waals surface area contributed by atoms with Crippen molar-refractivity contribution in [3.63, 3.8) is 0 Å². The van der Waals surface area contributed by atoms with Gasteiger partial charge >= 0.3 is 0 Å². The number of benzene rings is 1. The molecule has 1 aromatic carbocycles. The lowest BCUT2D eigenvalue weighted by Crippen LogP contribution is -2.22. The topological polar surface area (TPSA) is 18.5 Å². The molecule has 1 saturated heterocycles. The third-order valence-corrected chi connectivity index (χ3v) is 5.16. The van der Waals surface area contributed by atoms with Gasteiger partial charge in [-0.3, -0.25) is 0 Å². The number of halogens is 2. The van der Waals surface area contributed by atoms with Crippen LogP contribution < -0.4 is 4.74 Å². The van der Waals surface area contributed by atoms with E-state index < -0.39 is 0 Å². The molecule has 0 spiro atoms. The molecule has 0 saturated carbocycles. The van der Waals surface area contributed by atoms with Crippen LogP contribution in [0.2, 0.25) is 0 Å². The van der Waals surface area contributed by atoms with Crippen LogP contribution in [0.15, 0.2) is 22.7 Å². The highest BCUT2D eigenvalue weighted by Crippen LogP contribution is 2.46. The van der Waals surface area contributed by atoms with Crippen LogP contribution in [0.5, 0.6) is 5.75 Å². The summed E-state index contributed by atoms with van der Waals surface area (Å²) < 4.78 is 12.3. The summed E-state index contributed by atoms with van der Waals surface area (Å²) in [4.78, 5) is 0. The Morgan fingerprint density at radius 2 is 1.95 bits per heavy atom. The van der Waals surface area contributed by atoms with Crippen molar-refractivity contribution in [2.45, 2.75) is 38.4 Å². The van der Waals surface area contributed by atoms with Gasteiger partial charge in [-0.05, 0) is 38.0 Å². The molecule has 1 aliphatic rings. The van der Waals surface area contributed by atoms with Crippen LogP contribution >= 0.6 is 27.5 Å². The second kappa shape index (κ2) is 6.02. The number of ether oxygens (including phenoxy) is 2. The van der Waals surface area contributed by atoms with Crippen molar-refractivity contribution in [3.8, 4) is 5.75 Å². The quantitative estimate of drug-likeness (QED) is 0.731. The van der Waals surface area contributed by atoms with Gasteiger partial charge in [0.25, 0.3) is 0 Å². The summed E-state index contributed by atoms with van der Waals surface area (Å²) in [7, 11) is 1.68. The molecule has 4 heteroatoms. The minimum absolute atomic E-state index is 0.109. The molecule has 2 rings (SSSR count). The minimum Gasteiger partial charge on any atom is -0.496 e. The third kappa shape index (κ3) is 2.93. The Balaban J connectivity index is 2.33. The summed E-state index contributed by atoms with van der Waals surface area (Å²) in [5.74, 6) is 1.56. The lowest BCUT2D eigenvalue weighted by molar-refractivity contribution is 0.0507. The third-order valence-electron chi connectivity index (χ3n) is 4.15. The van der Waals surface area contributed by atoms with Crippen molar-refractivity contribution in [1.29, 1.82) is 0 Å². The zero-order valence-corrected chi connectivity index (χ0v) is 14.0. The average molecular weight is 348 g/mol. The van der Waals surface area contributed by atoms with E-state index in [9.17, 15) is 0 Å². The first kappa shape index (κ1) is 15.1. The van der Waals surface area contributed by atoms with Crippen LogP contribution in [0, 0.1) is 11.8 Å². The molecule has 19 heavy (non-hydrogen) atoms. The minimum atomic E-state index is -0.109. The summed E-state index contributed by atoms with van der Waals surface area (Å²) in [6.45, 7) is 6.42. The Morgan fingerprint density at radius 1 is 1.26 bits per heavy atom. The Bertz CT molecular complexity index is 452. The number of methoxy groups -OCH3 is 1. The molecule has 2 nitrogen and oxygen atoms in total. The van der Waals surface area contributed by atoms with Crippen LogP contribution in [0.3, 0.4) is 0 Å². The Kier molecular flexibility index (Phi) is 4.80. The zero-order chi connectivity index (χ0) is 14.2. The van der Waals surface area contributed by atoms with Crippen LogP contribution in [-0.2, 0) is 4.74 Å². The number of hydrogen-bond acceptors (Lipinski definition) is 2. The van der Waals surface area contributed by atoms with Crippen LogP contribution in [0.1, 0.15) is 31.7 Å². The summed E-state index contributed by atoms with van der Waals surface area (Å²) in [5, 5.41) is -0.109. The fourth-order valence-electron chi connectivity index (χ4n) is 2.93.